The smallest absolute Gasteiger partial charge is 0.387 e. The molecule has 0 aromatic heterocycles. The molecular formula is C9H15N2O3+. The Bertz CT molecular complexity index is 286. The minimum absolute atomic E-state index is 0.152. The van der Waals surface area contributed by atoms with Gasteiger partial charge in [0.1, 0.15) is 6.61 Å². The average Bonchev–Trinajstić information content (AvgIpc) is 2.11. The maximum atomic E-state index is 11.4. The van der Waals surface area contributed by atoms with Crippen molar-refractivity contribution < 1.29 is 19.3 Å². The number of hydrogen-bond acceptors (Lipinski definition) is 3. The van der Waals surface area contributed by atoms with Gasteiger partial charge >= 0.3 is 5.91 Å². The van der Waals surface area contributed by atoms with Crippen LogP contribution in [0, 0.1) is 5.92 Å². The summed E-state index contributed by atoms with van der Waals surface area (Å²) in [6.45, 7) is 1.53. The Morgan fingerprint density at radius 3 is 3.00 bits per heavy atom. The maximum absolute atomic E-state index is 11.4. The molecule has 0 spiro atoms. The topological polar surface area (TPSA) is 83.4 Å². The van der Waals surface area contributed by atoms with Crippen molar-refractivity contribution in [3.8, 4) is 0 Å². The van der Waals surface area contributed by atoms with Gasteiger partial charge in [-0.1, -0.05) is 6.92 Å². The largest absolute Gasteiger partial charge is 0.389 e. The molecular weight excluding hydrogens is 184 g/mol. The summed E-state index contributed by atoms with van der Waals surface area (Å²) < 4.78 is 1.26. The molecule has 5 nitrogen and oxygen atoms in total. The number of nitrogens with two attached hydrogens (primary N) is 1. The fourth-order valence-corrected chi connectivity index (χ4v) is 1.50. The highest BCUT2D eigenvalue weighted by atomic mass is 16.3. The van der Waals surface area contributed by atoms with Crippen molar-refractivity contribution in [3.05, 3.63) is 0 Å². The fraction of sp³-hybridized carbons (Fsp3) is 0.667. The Labute approximate surface area is 82.2 Å². The van der Waals surface area contributed by atoms with Crippen LogP contribution in [0.3, 0.4) is 0 Å². The third-order valence-corrected chi connectivity index (χ3v) is 2.35. The first kappa shape index (κ1) is 10.8. The standard InChI is InChI=1S/C9H14N2O3/c1-6-2-3-8(13)11(4-6)7(5-12)9(10)14/h4,6-7,12H,2-3,5H2,1H3,(H-,10,14)/p+1. The molecule has 0 fully saturated rings. The van der Waals surface area contributed by atoms with E-state index in [1.165, 1.54) is 4.58 Å². The van der Waals surface area contributed by atoms with E-state index < -0.39 is 18.6 Å². The van der Waals surface area contributed by atoms with Gasteiger partial charge in [0.2, 0.25) is 0 Å². The van der Waals surface area contributed by atoms with E-state index in [1.807, 2.05) is 6.92 Å². The van der Waals surface area contributed by atoms with Gasteiger partial charge < -0.3 is 10.8 Å². The van der Waals surface area contributed by atoms with Gasteiger partial charge in [-0.15, -0.1) is 0 Å². The van der Waals surface area contributed by atoms with E-state index in [-0.39, 0.29) is 11.8 Å². The number of carbonyl (C=O) groups excluding carboxylic acids is 2. The first-order valence-electron chi connectivity index (χ1n) is 4.62. The van der Waals surface area contributed by atoms with Crippen molar-refractivity contribution >= 4 is 18.0 Å². The third kappa shape index (κ3) is 2.17. The van der Waals surface area contributed by atoms with Crippen LogP contribution >= 0.6 is 0 Å². The van der Waals surface area contributed by atoms with E-state index in [4.69, 9.17) is 10.8 Å². The molecule has 0 saturated heterocycles. The molecule has 1 aliphatic rings. The van der Waals surface area contributed by atoms with Crippen LogP contribution < -0.4 is 5.73 Å². The molecule has 0 aliphatic carbocycles. The zero-order valence-electron chi connectivity index (χ0n) is 8.14. The summed E-state index contributed by atoms with van der Waals surface area (Å²) in [7, 11) is 0. The minimum atomic E-state index is -0.912. The van der Waals surface area contributed by atoms with Crippen molar-refractivity contribution in [3.63, 3.8) is 0 Å². The van der Waals surface area contributed by atoms with E-state index in [9.17, 15) is 9.59 Å². The maximum Gasteiger partial charge on any atom is 0.387 e. The minimum Gasteiger partial charge on any atom is -0.389 e. The van der Waals surface area contributed by atoms with Crippen LogP contribution in [0.2, 0.25) is 0 Å². The molecule has 0 aromatic carbocycles. The van der Waals surface area contributed by atoms with Gasteiger partial charge in [-0.3, -0.25) is 4.79 Å². The zero-order chi connectivity index (χ0) is 10.7. The molecule has 1 heterocycles. The lowest BCUT2D eigenvalue weighted by atomic mass is 10.0. The van der Waals surface area contributed by atoms with Crippen molar-refractivity contribution in [2.75, 3.05) is 6.61 Å². The van der Waals surface area contributed by atoms with E-state index in [1.54, 1.807) is 6.21 Å². The summed E-state index contributed by atoms with van der Waals surface area (Å²) >= 11 is 0. The van der Waals surface area contributed by atoms with Gasteiger partial charge in [-0.05, 0) is 6.42 Å². The number of aliphatic hydroxyl groups is 1. The van der Waals surface area contributed by atoms with Crippen molar-refractivity contribution in [2.45, 2.75) is 25.8 Å². The normalized spacial score (nSPS) is 24.3. The second kappa shape index (κ2) is 4.32. The summed E-state index contributed by atoms with van der Waals surface area (Å²) in [6.07, 6.45) is 2.85. The quantitative estimate of drug-likeness (QED) is 0.564. The lowest BCUT2D eigenvalue weighted by molar-refractivity contribution is -0.479. The van der Waals surface area contributed by atoms with Gasteiger partial charge in [0.25, 0.3) is 11.9 Å². The molecule has 1 aliphatic heterocycles. The lowest BCUT2D eigenvalue weighted by Crippen LogP contribution is -2.47. The molecule has 0 bridgehead atoms. The summed E-state index contributed by atoms with van der Waals surface area (Å²) in [5, 5.41) is 8.94. The van der Waals surface area contributed by atoms with Crippen molar-refractivity contribution in [2.24, 2.45) is 11.7 Å². The summed E-state index contributed by atoms with van der Waals surface area (Å²) in [5.74, 6) is -0.590. The van der Waals surface area contributed by atoms with E-state index in [2.05, 4.69) is 0 Å². The number of primary amides is 1. The fourth-order valence-electron chi connectivity index (χ4n) is 1.50. The highest BCUT2D eigenvalue weighted by Crippen LogP contribution is 2.11. The average molecular weight is 199 g/mol. The van der Waals surface area contributed by atoms with Gasteiger partial charge in [-0.25, -0.2) is 4.79 Å². The van der Waals surface area contributed by atoms with Crippen molar-refractivity contribution in [1.82, 2.24) is 0 Å². The van der Waals surface area contributed by atoms with Gasteiger partial charge in [-0.2, -0.15) is 4.58 Å². The Kier molecular flexibility index (Phi) is 3.35. The molecule has 2 atom stereocenters. The molecule has 2 amide bonds. The van der Waals surface area contributed by atoms with Gasteiger partial charge in [0.15, 0.2) is 6.21 Å². The first-order valence-corrected chi connectivity index (χ1v) is 4.62. The van der Waals surface area contributed by atoms with Gasteiger partial charge in [0, 0.05) is 5.92 Å². The number of hydrogen-bond donors (Lipinski definition) is 2. The first-order chi connectivity index (χ1) is 6.56. The van der Waals surface area contributed by atoms with Crippen LogP contribution in [0.5, 0.6) is 0 Å². The second-order valence-electron chi connectivity index (χ2n) is 3.57. The van der Waals surface area contributed by atoms with E-state index in [0.29, 0.717) is 6.42 Å². The molecule has 14 heavy (non-hydrogen) atoms. The number of amides is 2. The summed E-state index contributed by atoms with van der Waals surface area (Å²) in [4.78, 5) is 22.4. The summed E-state index contributed by atoms with van der Waals surface area (Å²) in [6, 6.07) is -0.912. The number of carbonyl (C=O) groups is 2. The molecule has 3 N–H and O–H groups in total. The van der Waals surface area contributed by atoms with Crippen LogP contribution in [0.25, 0.3) is 0 Å². The van der Waals surface area contributed by atoms with Gasteiger partial charge in [0.05, 0.1) is 6.42 Å². The SMILES string of the molecule is CC1C=[N+](C(CO)C(N)=O)C(=O)CC1. The van der Waals surface area contributed by atoms with Crippen molar-refractivity contribution in [1.29, 1.82) is 0 Å². The molecule has 0 saturated carbocycles. The number of nitrogens with zero attached hydrogens (tertiary/aromatic N) is 1. The number of aliphatic hydroxyl groups excluding tert-OH is 1. The van der Waals surface area contributed by atoms with Crippen LogP contribution in [-0.4, -0.2) is 40.4 Å². The Hall–Kier alpha value is -1.23. The van der Waals surface area contributed by atoms with Crippen LogP contribution in [0.15, 0.2) is 0 Å². The van der Waals surface area contributed by atoms with E-state index in [0.717, 1.165) is 6.42 Å². The predicted octanol–water partition coefficient (Wildman–Crippen LogP) is -1.13. The van der Waals surface area contributed by atoms with Crippen LogP contribution in [0.4, 0.5) is 0 Å². The Balaban J connectivity index is 2.92. The monoisotopic (exact) mass is 199 g/mol. The second-order valence-corrected chi connectivity index (χ2v) is 3.57. The molecule has 78 valence electrons. The highest BCUT2D eigenvalue weighted by Gasteiger charge is 2.35. The zero-order valence-corrected chi connectivity index (χ0v) is 8.14. The molecule has 5 heteroatoms. The highest BCUT2D eigenvalue weighted by molar-refractivity contribution is 5.84. The molecule has 0 radical (unpaired) electrons. The van der Waals surface area contributed by atoms with Crippen LogP contribution in [0.1, 0.15) is 19.8 Å². The summed E-state index contributed by atoms with van der Waals surface area (Å²) in [5.41, 5.74) is 5.07. The lowest BCUT2D eigenvalue weighted by Gasteiger charge is -2.15. The van der Waals surface area contributed by atoms with Crippen LogP contribution in [-0.2, 0) is 9.59 Å². The number of rotatable bonds is 3. The molecule has 2 unspecified atom stereocenters. The molecule has 1 rings (SSSR count). The Morgan fingerprint density at radius 2 is 2.50 bits per heavy atom. The van der Waals surface area contributed by atoms with E-state index >= 15 is 0 Å². The third-order valence-electron chi connectivity index (χ3n) is 2.35. The predicted molar refractivity (Wildman–Crippen MR) is 49.8 cm³/mol. The Morgan fingerprint density at radius 1 is 1.86 bits per heavy atom. The molecule has 0 aromatic rings.